The Morgan fingerprint density at radius 1 is 1.27 bits per heavy atom. The molecule has 0 fully saturated rings. The summed E-state index contributed by atoms with van der Waals surface area (Å²) in [6.45, 7) is -0.307. The largest absolute Gasteiger partial charge is 0.505 e. The smallest absolute Gasteiger partial charge is 0.170 e. The molecule has 2 unspecified atom stereocenters. The van der Waals surface area contributed by atoms with Crippen molar-refractivity contribution in [1.29, 1.82) is 0 Å². The second-order valence-electron chi connectivity index (χ2n) is 3.20. The lowest BCUT2D eigenvalue weighted by molar-refractivity contribution is 0.00217. The van der Waals surface area contributed by atoms with E-state index in [0.717, 1.165) is 6.07 Å². The Kier molecular flexibility index (Phi) is 4.02. The number of aliphatic hydroxyl groups is 3. The minimum atomic E-state index is -1.45. The average molecular weight is 216 g/mol. The number of hydrogen-bond acceptors (Lipinski definition) is 4. The van der Waals surface area contributed by atoms with Crippen molar-refractivity contribution in [2.45, 2.75) is 18.6 Å². The maximum Gasteiger partial charge on any atom is 0.170 e. The number of aromatic hydroxyl groups is 1. The highest BCUT2D eigenvalue weighted by molar-refractivity contribution is 5.31. The van der Waals surface area contributed by atoms with Gasteiger partial charge in [0.2, 0.25) is 0 Å². The van der Waals surface area contributed by atoms with E-state index in [2.05, 4.69) is 0 Å². The molecule has 0 saturated carbocycles. The lowest BCUT2D eigenvalue weighted by Gasteiger charge is -2.17. The molecule has 15 heavy (non-hydrogen) atoms. The summed E-state index contributed by atoms with van der Waals surface area (Å²) in [4.78, 5) is 0. The van der Waals surface area contributed by atoms with Crippen molar-refractivity contribution in [3.8, 4) is 5.75 Å². The van der Waals surface area contributed by atoms with Crippen molar-refractivity contribution in [2.24, 2.45) is 0 Å². The van der Waals surface area contributed by atoms with Gasteiger partial charge in [-0.15, -0.1) is 0 Å². The van der Waals surface area contributed by atoms with E-state index in [9.17, 15) is 14.6 Å². The summed E-state index contributed by atoms with van der Waals surface area (Å²) in [6.07, 6.45) is -2.77. The number of halogens is 1. The first-order valence-electron chi connectivity index (χ1n) is 4.52. The van der Waals surface area contributed by atoms with E-state index in [1.807, 2.05) is 0 Å². The predicted octanol–water partition coefficient (Wildman–Crippen LogP) is 0.308. The van der Waals surface area contributed by atoms with Gasteiger partial charge >= 0.3 is 0 Å². The number of phenolic OH excluding ortho intramolecular Hbond substituents is 1. The van der Waals surface area contributed by atoms with Gasteiger partial charge < -0.3 is 20.4 Å². The summed E-state index contributed by atoms with van der Waals surface area (Å²) in [5.74, 6) is -1.54. The van der Waals surface area contributed by atoms with Crippen LogP contribution in [0.2, 0.25) is 0 Å². The molecular formula is C10H13FO4. The molecule has 0 aromatic heterocycles. The quantitative estimate of drug-likeness (QED) is 0.584. The van der Waals surface area contributed by atoms with Crippen molar-refractivity contribution in [3.05, 3.63) is 29.6 Å². The van der Waals surface area contributed by atoms with Crippen molar-refractivity contribution in [3.63, 3.8) is 0 Å². The van der Waals surface area contributed by atoms with Gasteiger partial charge in [0.15, 0.2) is 11.6 Å². The van der Waals surface area contributed by atoms with Crippen molar-refractivity contribution in [1.82, 2.24) is 0 Å². The standard InChI is InChI=1S/C10H13FO4/c11-9-6(2-1-3-7(9)13)10(15)8(14)4-5-12/h1-3,8,10,12-15H,4-5H2. The fourth-order valence-corrected chi connectivity index (χ4v) is 1.26. The van der Waals surface area contributed by atoms with Crippen LogP contribution in [0.3, 0.4) is 0 Å². The summed E-state index contributed by atoms with van der Waals surface area (Å²) in [7, 11) is 0. The Bertz CT molecular complexity index is 329. The molecule has 0 saturated heterocycles. The normalized spacial score (nSPS) is 14.9. The molecule has 0 radical (unpaired) electrons. The van der Waals surface area contributed by atoms with Gasteiger partial charge in [-0.3, -0.25) is 0 Å². The number of hydrogen-bond donors (Lipinski definition) is 4. The maximum absolute atomic E-state index is 13.3. The van der Waals surface area contributed by atoms with Crippen LogP contribution in [-0.4, -0.2) is 33.1 Å². The molecule has 2 atom stereocenters. The summed E-state index contributed by atoms with van der Waals surface area (Å²) >= 11 is 0. The van der Waals surface area contributed by atoms with Crippen LogP contribution in [0.1, 0.15) is 18.1 Å². The molecule has 0 amide bonds. The molecule has 0 aliphatic carbocycles. The lowest BCUT2D eigenvalue weighted by Crippen LogP contribution is -2.20. The van der Waals surface area contributed by atoms with E-state index in [4.69, 9.17) is 10.2 Å². The fraction of sp³-hybridized carbons (Fsp3) is 0.400. The summed E-state index contributed by atoms with van der Waals surface area (Å²) in [5.41, 5.74) is -0.184. The second kappa shape index (κ2) is 5.06. The highest BCUT2D eigenvalue weighted by atomic mass is 19.1. The Hall–Kier alpha value is -1.17. The number of phenols is 1. The van der Waals surface area contributed by atoms with Crippen LogP contribution in [0.4, 0.5) is 4.39 Å². The van der Waals surface area contributed by atoms with Crippen molar-refractivity contribution < 1.29 is 24.8 Å². The Morgan fingerprint density at radius 2 is 1.93 bits per heavy atom. The topological polar surface area (TPSA) is 80.9 Å². The molecule has 5 heteroatoms. The van der Waals surface area contributed by atoms with Gasteiger partial charge in [-0.2, -0.15) is 0 Å². The highest BCUT2D eigenvalue weighted by Crippen LogP contribution is 2.26. The van der Waals surface area contributed by atoms with E-state index in [-0.39, 0.29) is 18.6 Å². The van der Waals surface area contributed by atoms with E-state index in [1.165, 1.54) is 12.1 Å². The first-order chi connectivity index (χ1) is 7.07. The van der Waals surface area contributed by atoms with Crippen LogP contribution in [0.15, 0.2) is 18.2 Å². The molecule has 84 valence electrons. The number of rotatable bonds is 4. The van der Waals surface area contributed by atoms with Gasteiger partial charge in [0.1, 0.15) is 6.10 Å². The average Bonchev–Trinajstić information content (AvgIpc) is 2.21. The fourth-order valence-electron chi connectivity index (χ4n) is 1.26. The minimum absolute atomic E-state index is 0.0593. The van der Waals surface area contributed by atoms with Gasteiger partial charge in [0, 0.05) is 12.2 Å². The van der Waals surface area contributed by atoms with E-state index < -0.39 is 23.8 Å². The highest BCUT2D eigenvalue weighted by Gasteiger charge is 2.22. The molecule has 1 aromatic carbocycles. The minimum Gasteiger partial charge on any atom is -0.505 e. The molecule has 0 spiro atoms. The first kappa shape index (κ1) is 11.9. The van der Waals surface area contributed by atoms with Crippen LogP contribution in [0.5, 0.6) is 5.75 Å². The molecule has 4 nitrogen and oxygen atoms in total. The van der Waals surface area contributed by atoms with Crippen LogP contribution in [0, 0.1) is 5.82 Å². The molecule has 1 rings (SSSR count). The second-order valence-corrected chi connectivity index (χ2v) is 3.20. The number of benzene rings is 1. The lowest BCUT2D eigenvalue weighted by atomic mass is 10.0. The van der Waals surface area contributed by atoms with Gasteiger partial charge in [0.25, 0.3) is 0 Å². The molecule has 0 aliphatic rings. The van der Waals surface area contributed by atoms with Gasteiger partial charge in [-0.25, -0.2) is 4.39 Å². The monoisotopic (exact) mass is 216 g/mol. The molecule has 0 heterocycles. The van der Waals surface area contributed by atoms with Crippen LogP contribution in [-0.2, 0) is 0 Å². The summed E-state index contributed by atoms with van der Waals surface area (Å²) < 4.78 is 13.3. The SMILES string of the molecule is OCCC(O)C(O)c1cccc(O)c1F. The van der Waals surface area contributed by atoms with Crippen molar-refractivity contribution >= 4 is 0 Å². The summed E-state index contributed by atoms with van der Waals surface area (Å²) in [6, 6.07) is 3.77. The van der Waals surface area contributed by atoms with E-state index in [0.29, 0.717) is 0 Å². The Balaban J connectivity index is 2.90. The molecule has 0 aliphatic heterocycles. The van der Waals surface area contributed by atoms with Gasteiger partial charge in [-0.1, -0.05) is 12.1 Å². The third kappa shape index (κ3) is 2.65. The van der Waals surface area contributed by atoms with E-state index in [1.54, 1.807) is 0 Å². The van der Waals surface area contributed by atoms with Gasteiger partial charge in [-0.05, 0) is 12.5 Å². The molecule has 0 bridgehead atoms. The van der Waals surface area contributed by atoms with E-state index >= 15 is 0 Å². The number of aliphatic hydroxyl groups excluding tert-OH is 3. The zero-order chi connectivity index (χ0) is 11.4. The van der Waals surface area contributed by atoms with Crippen LogP contribution in [0.25, 0.3) is 0 Å². The van der Waals surface area contributed by atoms with Gasteiger partial charge in [0.05, 0.1) is 6.10 Å². The van der Waals surface area contributed by atoms with Crippen molar-refractivity contribution in [2.75, 3.05) is 6.61 Å². The molecule has 1 aromatic rings. The zero-order valence-electron chi connectivity index (χ0n) is 7.97. The summed E-state index contributed by atoms with van der Waals surface area (Å²) in [5, 5.41) is 36.4. The van der Waals surface area contributed by atoms with Crippen LogP contribution < -0.4 is 0 Å². The zero-order valence-corrected chi connectivity index (χ0v) is 7.97. The van der Waals surface area contributed by atoms with Crippen LogP contribution >= 0.6 is 0 Å². The predicted molar refractivity (Wildman–Crippen MR) is 50.7 cm³/mol. The maximum atomic E-state index is 13.3. The third-order valence-electron chi connectivity index (χ3n) is 2.12. The third-order valence-corrected chi connectivity index (χ3v) is 2.12. The molecule has 4 N–H and O–H groups in total. The molecular weight excluding hydrogens is 203 g/mol. The Morgan fingerprint density at radius 3 is 2.53 bits per heavy atom. The Labute approximate surface area is 86.2 Å². The first-order valence-corrected chi connectivity index (χ1v) is 4.52.